The van der Waals surface area contributed by atoms with Crippen LogP contribution in [0.3, 0.4) is 0 Å². The zero-order valence-corrected chi connectivity index (χ0v) is 21.4. The molecular weight excluding hydrogens is 388 g/mol. The summed E-state index contributed by atoms with van der Waals surface area (Å²) in [5, 5.41) is 0. The van der Waals surface area contributed by atoms with Crippen LogP contribution in [-0.2, 0) is 4.74 Å². The monoisotopic (exact) mass is 440 g/mol. The molecule has 2 unspecified atom stereocenters. The summed E-state index contributed by atoms with van der Waals surface area (Å²) >= 11 is 0. The second-order valence-corrected chi connectivity index (χ2v) is 12.2. The highest BCUT2D eigenvalue weighted by molar-refractivity contribution is 4.98. The summed E-state index contributed by atoms with van der Waals surface area (Å²) in [4.78, 5) is 0. The Kier molecular flexibility index (Phi) is 9.81. The smallest absolute Gasteiger partial charge is 0.0575 e. The highest BCUT2D eigenvalue weighted by Crippen LogP contribution is 2.41. The lowest BCUT2D eigenvalue weighted by Crippen LogP contribution is -2.29. The Morgan fingerprint density at radius 1 is 0.656 bits per heavy atom. The van der Waals surface area contributed by atoms with Crippen LogP contribution in [-0.4, -0.2) is 12.7 Å². The van der Waals surface area contributed by atoms with Gasteiger partial charge < -0.3 is 4.74 Å². The van der Waals surface area contributed by atoms with E-state index in [0.717, 1.165) is 42.1 Å². The third-order valence-corrected chi connectivity index (χ3v) is 9.69. The molecular formula is C31H52O. The van der Waals surface area contributed by atoms with Crippen molar-refractivity contribution < 1.29 is 4.74 Å². The van der Waals surface area contributed by atoms with Crippen molar-refractivity contribution in [1.29, 1.82) is 0 Å². The van der Waals surface area contributed by atoms with Crippen LogP contribution in [0.25, 0.3) is 0 Å². The first-order chi connectivity index (χ1) is 15.7. The van der Waals surface area contributed by atoms with Gasteiger partial charge in [-0.25, -0.2) is 0 Å². The van der Waals surface area contributed by atoms with E-state index in [1.807, 2.05) is 0 Å². The van der Waals surface area contributed by atoms with Crippen molar-refractivity contribution in [3.8, 4) is 0 Å². The summed E-state index contributed by atoms with van der Waals surface area (Å²) in [6, 6.07) is 0. The lowest BCUT2D eigenvalue weighted by atomic mass is 9.70. The zero-order valence-electron chi connectivity index (χ0n) is 21.4. The number of allylic oxidation sites excluding steroid dienone is 3. The molecule has 4 aliphatic carbocycles. The molecule has 4 aliphatic rings. The first-order valence-electron chi connectivity index (χ1n) is 14.7. The van der Waals surface area contributed by atoms with Gasteiger partial charge in [-0.1, -0.05) is 57.4 Å². The molecule has 182 valence electrons. The molecule has 0 aromatic rings. The number of hydrogen-bond acceptors (Lipinski definition) is 1. The third-order valence-electron chi connectivity index (χ3n) is 9.69. The lowest BCUT2D eigenvalue weighted by molar-refractivity contribution is -0.00511. The molecule has 0 aromatic carbocycles. The van der Waals surface area contributed by atoms with E-state index in [1.165, 1.54) is 103 Å². The Morgan fingerprint density at radius 2 is 1.19 bits per heavy atom. The fourth-order valence-corrected chi connectivity index (χ4v) is 7.27. The van der Waals surface area contributed by atoms with Crippen LogP contribution in [0.15, 0.2) is 24.3 Å². The third kappa shape index (κ3) is 7.48. The van der Waals surface area contributed by atoms with E-state index in [-0.39, 0.29) is 0 Å². The van der Waals surface area contributed by atoms with Crippen molar-refractivity contribution in [3.05, 3.63) is 24.3 Å². The van der Waals surface area contributed by atoms with Gasteiger partial charge in [-0.3, -0.25) is 0 Å². The Bertz CT molecular complexity index is 567. The van der Waals surface area contributed by atoms with Gasteiger partial charge in [-0.05, 0) is 119 Å². The van der Waals surface area contributed by atoms with Crippen molar-refractivity contribution in [2.24, 2.45) is 41.4 Å². The molecule has 0 saturated heterocycles. The fraction of sp³-hybridized carbons (Fsp3) is 0.871. The van der Waals surface area contributed by atoms with E-state index in [2.05, 4.69) is 38.2 Å². The first kappa shape index (κ1) is 24.6. The number of hydrogen-bond donors (Lipinski definition) is 0. The summed E-state index contributed by atoms with van der Waals surface area (Å²) in [6.07, 6.45) is 33.3. The van der Waals surface area contributed by atoms with Crippen LogP contribution in [0.2, 0.25) is 0 Å². The average molecular weight is 441 g/mol. The quantitative estimate of drug-likeness (QED) is 0.342. The highest BCUT2D eigenvalue weighted by atomic mass is 16.5. The molecule has 0 aromatic heterocycles. The molecule has 1 nitrogen and oxygen atoms in total. The maximum atomic E-state index is 6.41. The minimum atomic E-state index is 0.547. The second kappa shape index (κ2) is 12.8. The van der Waals surface area contributed by atoms with Crippen LogP contribution in [0.5, 0.6) is 0 Å². The van der Waals surface area contributed by atoms with E-state index in [4.69, 9.17) is 4.74 Å². The predicted octanol–water partition coefficient (Wildman–Crippen LogP) is 9.13. The molecule has 0 bridgehead atoms. The lowest BCUT2D eigenvalue weighted by Gasteiger charge is -2.37. The van der Waals surface area contributed by atoms with Crippen LogP contribution in [0.4, 0.5) is 0 Å². The molecule has 0 spiro atoms. The molecule has 0 heterocycles. The minimum Gasteiger partial charge on any atom is -0.378 e. The van der Waals surface area contributed by atoms with Crippen LogP contribution in [0, 0.1) is 41.4 Å². The molecule has 0 radical (unpaired) electrons. The minimum absolute atomic E-state index is 0.547. The Morgan fingerprint density at radius 3 is 1.75 bits per heavy atom. The first-order valence-corrected chi connectivity index (χ1v) is 14.7. The summed E-state index contributed by atoms with van der Waals surface area (Å²) in [5.74, 6) is 6.26. The highest BCUT2D eigenvalue weighted by Gasteiger charge is 2.31. The fourth-order valence-electron chi connectivity index (χ4n) is 7.27. The molecule has 3 fully saturated rings. The van der Waals surface area contributed by atoms with E-state index in [9.17, 15) is 0 Å². The van der Waals surface area contributed by atoms with Crippen molar-refractivity contribution >= 4 is 0 Å². The van der Waals surface area contributed by atoms with E-state index < -0.39 is 0 Å². The van der Waals surface area contributed by atoms with Gasteiger partial charge >= 0.3 is 0 Å². The van der Waals surface area contributed by atoms with Gasteiger partial charge in [0.05, 0.1) is 12.7 Å². The normalized spacial score (nSPS) is 41.2. The van der Waals surface area contributed by atoms with Gasteiger partial charge in [0, 0.05) is 5.92 Å². The van der Waals surface area contributed by atoms with Gasteiger partial charge in [0.2, 0.25) is 0 Å². The molecule has 0 N–H and O–H groups in total. The van der Waals surface area contributed by atoms with Gasteiger partial charge in [-0.15, -0.1) is 0 Å². The summed E-state index contributed by atoms with van der Waals surface area (Å²) in [5.41, 5.74) is 0. The van der Waals surface area contributed by atoms with E-state index >= 15 is 0 Å². The van der Waals surface area contributed by atoms with Gasteiger partial charge in [0.1, 0.15) is 0 Å². The maximum Gasteiger partial charge on any atom is 0.0575 e. The topological polar surface area (TPSA) is 9.23 Å². The summed E-state index contributed by atoms with van der Waals surface area (Å²) in [6.45, 7) is 5.71. The molecule has 0 amide bonds. The molecule has 1 heteroatoms. The standard InChI is InChI=1S/C31H52O/c1-3-4-25-11-13-28(14-12-25)23-32-31-21-19-30(20-22-31)29-17-15-27(16-18-29)10-9-26-7-5-24(2)6-8-26/h9-11,13,24-31H,3-8,12,14-23H2,1-2H3/b10-9+. The zero-order chi connectivity index (χ0) is 22.2. The van der Waals surface area contributed by atoms with Crippen molar-refractivity contribution in [2.75, 3.05) is 6.61 Å². The maximum absolute atomic E-state index is 6.41. The Hall–Kier alpha value is -0.560. The van der Waals surface area contributed by atoms with Crippen LogP contribution in [0.1, 0.15) is 117 Å². The summed E-state index contributed by atoms with van der Waals surface area (Å²) < 4.78 is 6.41. The van der Waals surface area contributed by atoms with Crippen molar-refractivity contribution in [1.82, 2.24) is 0 Å². The Balaban J connectivity index is 1.09. The van der Waals surface area contributed by atoms with Gasteiger partial charge in [-0.2, -0.15) is 0 Å². The Labute approximate surface area is 199 Å². The SMILES string of the molecule is CCCC1C=CC(COC2CCC(C3CCC(/C=C/C4CCC(C)CC4)CC3)CC2)CC1. The average Bonchev–Trinajstić information content (AvgIpc) is 2.84. The number of ether oxygens (including phenoxy) is 1. The van der Waals surface area contributed by atoms with Gasteiger partial charge in [0.15, 0.2) is 0 Å². The van der Waals surface area contributed by atoms with Crippen LogP contribution >= 0.6 is 0 Å². The second-order valence-electron chi connectivity index (χ2n) is 12.2. The molecule has 3 saturated carbocycles. The number of rotatable bonds is 8. The van der Waals surface area contributed by atoms with E-state index in [1.54, 1.807) is 0 Å². The van der Waals surface area contributed by atoms with Crippen molar-refractivity contribution in [2.45, 2.75) is 123 Å². The molecule has 0 aliphatic heterocycles. The van der Waals surface area contributed by atoms with Crippen LogP contribution < -0.4 is 0 Å². The van der Waals surface area contributed by atoms with E-state index in [0.29, 0.717) is 12.0 Å². The van der Waals surface area contributed by atoms with Gasteiger partial charge in [0.25, 0.3) is 0 Å². The molecule has 32 heavy (non-hydrogen) atoms. The summed E-state index contributed by atoms with van der Waals surface area (Å²) in [7, 11) is 0. The van der Waals surface area contributed by atoms with Crippen molar-refractivity contribution in [3.63, 3.8) is 0 Å². The largest absolute Gasteiger partial charge is 0.378 e. The predicted molar refractivity (Wildman–Crippen MR) is 138 cm³/mol. The molecule has 2 atom stereocenters. The molecule has 4 rings (SSSR count).